The first kappa shape index (κ1) is 16.0. The van der Waals surface area contributed by atoms with Gasteiger partial charge >= 0.3 is 0 Å². The fourth-order valence-corrected chi connectivity index (χ4v) is 3.82. The Hall–Kier alpha value is -1.33. The molecule has 112 valence electrons. The van der Waals surface area contributed by atoms with Crippen molar-refractivity contribution in [3.05, 3.63) is 52.0 Å². The van der Waals surface area contributed by atoms with E-state index in [1.165, 1.54) is 15.3 Å². The van der Waals surface area contributed by atoms with Crippen LogP contribution in [0.1, 0.15) is 22.2 Å². The van der Waals surface area contributed by atoms with Crippen molar-refractivity contribution in [1.82, 2.24) is 10.3 Å². The fraction of sp³-hybridized carbons (Fsp3) is 0.375. The van der Waals surface area contributed by atoms with Crippen LogP contribution in [0.5, 0.6) is 0 Å². The van der Waals surface area contributed by atoms with Crippen molar-refractivity contribution < 1.29 is 4.79 Å². The first-order valence-electron chi connectivity index (χ1n) is 6.95. The second-order valence-electron chi connectivity index (χ2n) is 5.03. The van der Waals surface area contributed by atoms with Crippen molar-refractivity contribution in [3.8, 4) is 0 Å². The Labute approximate surface area is 134 Å². The number of nitrogens with zero attached hydrogens (tertiary/aromatic N) is 1. The molecule has 1 atom stereocenters. The van der Waals surface area contributed by atoms with Crippen LogP contribution < -0.4 is 5.32 Å². The molecule has 1 N–H and O–H groups in total. The molecule has 0 unspecified atom stereocenters. The first-order chi connectivity index (χ1) is 10.1. The van der Waals surface area contributed by atoms with Gasteiger partial charge in [0.25, 0.3) is 0 Å². The minimum absolute atomic E-state index is 0.106. The van der Waals surface area contributed by atoms with Gasteiger partial charge in [0.2, 0.25) is 5.91 Å². The molecule has 2 aromatic heterocycles. The number of pyridine rings is 1. The zero-order chi connectivity index (χ0) is 15.1. The number of aryl methyl sites for hydroxylation is 1. The molecule has 1 amide bonds. The largest absolute Gasteiger partial charge is 0.353 e. The molecule has 21 heavy (non-hydrogen) atoms. The molecule has 0 saturated heterocycles. The summed E-state index contributed by atoms with van der Waals surface area (Å²) in [4.78, 5) is 18.5. The number of thioether (sulfide) groups is 1. The zero-order valence-corrected chi connectivity index (χ0v) is 14.0. The maximum Gasteiger partial charge on any atom is 0.230 e. The van der Waals surface area contributed by atoms with E-state index in [1.807, 2.05) is 12.1 Å². The molecule has 0 spiro atoms. The summed E-state index contributed by atoms with van der Waals surface area (Å²) in [6, 6.07) is 8.40. The monoisotopic (exact) mass is 320 g/mol. The van der Waals surface area contributed by atoms with Gasteiger partial charge in [-0.3, -0.25) is 9.78 Å². The van der Waals surface area contributed by atoms with E-state index in [0.717, 1.165) is 12.2 Å². The first-order valence-corrected chi connectivity index (χ1v) is 8.92. The maximum atomic E-state index is 11.9. The van der Waals surface area contributed by atoms with Crippen LogP contribution in [0.3, 0.4) is 0 Å². The van der Waals surface area contributed by atoms with Crippen molar-refractivity contribution in [1.29, 1.82) is 0 Å². The third-order valence-corrected chi connectivity index (χ3v) is 4.99. The highest BCUT2D eigenvalue weighted by molar-refractivity contribution is 7.99. The van der Waals surface area contributed by atoms with Gasteiger partial charge in [0.05, 0.1) is 5.75 Å². The van der Waals surface area contributed by atoms with Crippen molar-refractivity contribution in [2.45, 2.75) is 32.1 Å². The normalized spacial score (nSPS) is 12.1. The molecule has 0 aromatic carbocycles. The summed E-state index contributed by atoms with van der Waals surface area (Å²) >= 11 is 3.43. The van der Waals surface area contributed by atoms with Gasteiger partial charge < -0.3 is 5.32 Å². The summed E-state index contributed by atoms with van der Waals surface area (Å²) in [7, 11) is 0. The second-order valence-corrected chi connectivity index (χ2v) is 7.39. The Kier molecular flexibility index (Phi) is 6.26. The van der Waals surface area contributed by atoms with Crippen molar-refractivity contribution >= 4 is 29.0 Å². The number of thiophene rings is 1. The van der Waals surface area contributed by atoms with Gasteiger partial charge in [0.15, 0.2) is 0 Å². The molecule has 0 aliphatic heterocycles. The second kappa shape index (κ2) is 8.20. The van der Waals surface area contributed by atoms with Crippen LogP contribution in [-0.4, -0.2) is 22.7 Å². The van der Waals surface area contributed by atoms with E-state index >= 15 is 0 Å². The molecule has 3 nitrogen and oxygen atoms in total. The Morgan fingerprint density at radius 2 is 2.10 bits per heavy atom. The van der Waals surface area contributed by atoms with Crippen molar-refractivity contribution in [2.24, 2.45) is 0 Å². The lowest BCUT2D eigenvalue weighted by Gasteiger charge is -2.12. The van der Waals surface area contributed by atoms with E-state index in [2.05, 4.69) is 36.3 Å². The fourth-order valence-electron chi connectivity index (χ4n) is 2.00. The summed E-state index contributed by atoms with van der Waals surface area (Å²) in [6.45, 7) is 4.16. The van der Waals surface area contributed by atoms with Gasteiger partial charge in [-0.25, -0.2) is 0 Å². The van der Waals surface area contributed by atoms with Crippen LogP contribution in [0, 0.1) is 6.92 Å². The quantitative estimate of drug-likeness (QED) is 0.850. The smallest absolute Gasteiger partial charge is 0.230 e. The number of rotatable bonds is 7. The van der Waals surface area contributed by atoms with Crippen LogP contribution >= 0.6 is 23.1 Å². The van der Waals surface area contributed by atoms with E-state index in [0.29, 0.717) is 5.75 Å². The molecule has 2 rings (SSSR count). The lowest BCUT2D eigenvalue weighted by Crippen LogP contribution is -2.35. The number of hydrogen-bond acceptors (Lipinski definition) is 4. The van der Waals surface area contributed by atoms with E-state index in [4.69, 9.17) is 0 Å². The van der Waals surface area contributed by atoms with Gasteiger partial charge in [-0.2, -0.15) is 0 Å². The van der Waals surface area contributed by atoms with Crippen LogP contribution in [0.2, 0.25) is 0 Å². The van der Waals surface area contributed by atoms with Crippen LogP contribution in [0.4, 0.5) is 0 Å². The Bertz CT molecular complexity index is 569. The number of aromatic nitrogens is 1. The van der Waals surface area contributed by atoms with Gasteiger partial charge in [0, 0.05) is 40.4 Å². The molecule has 2 aromatic rings. The minimum Gasteiger partial charge on any atom is -0.353 e. The number of carbonyl (C=O) groups excluding carboxylic acids is 1. The molecular formula is C16H20N2OS2. The molecule has 0 fully saturated rings. The summed E-state index contributed by atoms with van der Waals surface area (Å²) in [5.74, 6) is 1.44. The number of carbonyl (C=O) groups is 1. The molecule has 2 heterocycles. The van der Waals surface area contributed by atoms with Gasteiger partial charge in [-0.05, 0) is 43.7 Å². The highest BCUT2D eigenvalue weighted by atomic mass is 32.2. The third-order valence-electron chi connectivity index (χ3n) is 2.96. The van der Waals surface area contributed by atoms with Gasteiger partial charge in [-0.15, -0.1) is 23.1 Å². The van der Waals surface area contributed by atoms with Crippen LogP contribution in [-0.2, 0) is 17.0 Å². The summed E-state index contributed by atoms with van der Waals surface area (Å²) in [6.07, 6.45) is 4.46. The Morgan fingerprint density at radius 3 is 2.76 bits per heavy atom. The zero-order valence-electron chi connectivity index (χ0n) is 12.3. The Balaban J connectivity index is 1.67. The summed E-state index contributed by atoms with van der Waals surface area (Å²) in [5.41, 5.74) is 1.20. The van der Waals surface area contributed by atoms with Gasteiger partial charge in [-0.1, -0.05) is 0 Å². The average Bonchev–Trinajstić information content (AvgIpc) is 2.85. The van der Waals surface area contributed by atoms with E-state index in [-0.39, 0.29) is 11.9 Å². The highest BCUT2D eigenvalue weighted by Crippen LogP contribution is 2.17. The summed E-state index contributed by atoms with van der Waals surface area (Å²) in [5, 5.41) is 3.06. The molecule has 0 saturated carbocycles. The number of amides is 1. The summed E-state index contributed by atoms with van der Waals surface area (Å²) < 4.78 is 0. The number of hydrogen-bond donors (Lipinski definition) is 1. The van der Waals surface area contributed by atoms with Crippen LogP contribution in [0.15, 0.2) is 36.7 Å². The van der Waals surface area contributed by atoms with Crippen molar-refractivity contribution in [2.75, 3.05) is 5.75 Å². The molecule has 0 aliphatic rings. The van der Waals surface area contributed by atoms with E-state index < -0.39 is 0 Å². The number of nitrogens with one attached hydrogen (secondary N) is 1. The lowest BCUT2D eigenvalue weighted by molar-refractivity contribution is -0.119. The molecule has 5 heteroatoms. The molecule has 0 aliphatic carbocycles. The maximum absolute atomic E-state index is 11.9. The Morgan fingerprint density at radius 1 is 1.33 bits per heavy atom. The predicted octanol–water partition coefficient (Wildman–Crippen LogP) is 3.43. The predicted molar refractivity (Wildman–Crippen MR) is 90.8 cm³/mol. The van der Waals surface area contributed by atoms with Gasteiger partial charge in [0.1, 0.15) is 0 Å². The van der Waals surface area contributed by atoms with E-state index in [1.54, 1.807) is 35.5 Å². The SMILES string of the molecule is Cc1ccc(C[C@H](C)NC(=O)CSCc2ccncc2)s1. The molecular weight excluding hydrogens is 300 g/mol. The molecule has 0 radical (unpaired) electrons. The highest BCUT2D eigenvalue weighted by Gasteiger charge is 2.09. The third kappa shape index (κ3) is 5.89. The average molecular weight is 320 g/mol. The molecule has 0 bridgehead atoms. The van der Waals surface area contributed by atoms with E-state index in [9.17, 15) is 4.79 Å². The topological polar surface area (TPSA) is 42.0 Å². The van der Waals surface area contributed by atoms with Crippen molar-refractivity contribution in [3.63, 3.8) is 0 Å². The van der Waals surface area contributed by atoms with Crippen LogP contribution in [0.25, 0.3) is 0 Å². The minimum atomic E-state index is 0.106. The lowest BCUT2D eigenvalue weighted by atomic mass is 10.2. The standard InChI is InChI=1S/C16H20N2OS2/c1-12(9-15-4-3-13(2)21-15)18-16(19)11-20-10-14-5-7-17-8-6-14/h3-8,12H,9-11H2,1-2H3,(H,18,19)/t12-/m0/s1.